The molecule has 10 aromatic rings. The van der Waals surface area contributed by atoms with Crippen LogP contribution in [0, 0.1) is 119 Å². The molecular weight excluding hydrogens is 1030 g/mol. The quantitative estimate of drug-likeness (QED) is 0.154. The molecule has 7 aromatic carbocycles. The molecule has 3 aromatic heterocycles. The highest BCUT2D eigenvalue weighted by atomic mass is 19.3. The molecule has 0 unspecified atom stereocenters. The molecule has 0 bridgehead atoms. The summed E-state index contributed by atoms with van der Waals surface area (Å²) in [5.74, 6) is -1.26. The van der Waals surface area contributed by atoms with Gasteiger partial charge in [0.05, 0.1) is 0 Å². The van der Waals surface area contributed by atoms with Crippen LogP contribution in [0.1, 0.15) is 84.7 Å². The normalized spacial score (nSPS) is 9.35. The third kappa shape index (κ3) is 36.3. The van der Waals surface area contributed by atoms with E-state index in [1.165, 1.54) is 77.2 Å². The van der Waals surface area contributed by atoms with Crippen LogP contribution in [0.5, 0.6) is 0 Å². The van der Waals surface area contributed by atoms with E-state index < -0.39 is 29.7 Å². The molecule has 0 aliphatic heterocycles. The van der Waals surface area contributed by atoms with Gasteiger partial charge in [0, 0.05) is 53.9 Å². The van der Waals surface area contributed by atoms with E-state index in [0.29, 0.717) is 16.7 Å². The number of aromatic nitrogens is 4. The Kier molecular flexibility index (Phi) is 36.1. The summed E-state index contributed by atoms with van der Waals surface area (Å²) in [7, 11) is 0. The molecule has 0 amide bonds. The van der Waals surface area contributed by atoms with Crippen LogP contribution < -0.4 is 0 Å². The van der Waals surface area contributed by atoms with Crippen LogP contribution in [0.4, 0.5) is 30.7 Å². The van der Waals surface area contributed by atoms with E-state index >= 15 is 0 Å². The smallest absolute Gasteiger partial charge is 0.263 e. The number of rotatable bonds is 1. The maximum Gasteiger partial charge on any atom is 0.263 e. The number of pyridine rings is 2. The Morgan fingerprint density at radius 3 is 1.04 bits per heavy atom. The molecule has 4 nitrogen and oxygen atoms in total. The van der Waals surface area contributed by atoms with Crippen molar-refractivity contribution in [3.8, 4) is 0 Å². The average molecular weight is 1110 g/mol. The number of halogens is 7. The first-order chi connectivity index (χ1) is 38.5. The Labute approximate surface area is 477 Å². The van der Waals surface area contributed by atoms with Gasteiger partial charge in [0.2, 0.25) is 0 Å². The number of hydrogen-bond acceptors (Lipinski definition) is 4. The second-order valence-electron chi connectivity index (χ2n) is 18.5. The van der Waals surface area contributed by atoms with Crippen LogP contribution in [0.2, 0.25) is 0 Å². The first-order valence-electron chi connectivity index (χ1n) is 25.9. The maximum atomic E-state index is 12.6. The molecule has 0 aliphatic rings. The van der Waals surface area contributed by atoms with E-state index in [2.05, 4.69) is 96.2 Å². The zero-order chi connectivity index (χ0) is 60.5. The van der Waals surface area contributed by atoms with Crippen molar-refractivity contribution >= 4 is 0 Å². The van der Waals surface area contributed by atoms with E-state index in [-0.39, 0.29) is 16.9 Å². The van der Waals surface area contributed by atoms with Gasteiger partial charge in [-0.3, -0.25) is 9.97 Å². The number of benzene rings is 7. The van der Waals surface area contributed by atoms with Gasteiger partial charge in [0.15, 0.2) is 0 Å². The van der Waals surface area contributed by atoms with Crippen molar-refractivity contribution in [1.82, 2.24) is 19.9 Å². The van der Waals surface area contributed by atoms with Gasteiger partial charge in [0.1, 0.15) is 34.9 Å². The highest BCUT2D eigenvalue weighted by Crippen LogP contribution is 2.19. The number of alkyl halides is 2. The molecule has 0 spiro atoms. The Balaban J connectivity index is 0.000000451. The van der Waals surface area contributed by atoms with Crippen LogP contribution in [0.15, 0.2) is 225 Å². The minimum absolute atomic E-state index is 0.0885. The Bertz CT molecular complexity index is 2870. The summed E-state index contributed by atoms with van der Waals surface area (Å²) in [5.41, 5.74) is 11.4. The standard InChI is InChI=1S/2C8H8F2.C8H9F.C8H10.C7H6F2.2C7H8.2C6H7N.C5H6N2/c1-5-3-7(9)6(2)8(10)4-5;1-6-3-2-4-7(5-6)8(9)10;1-6-3-4-7(2)8(9)5-6;1-7-3-5-8(2)6-4-7;1-5-2-3-6(8)4-7(5)9;2*1-7-5-3-2-4-6-7;1-6-3-2-4-7-5-6;1-6-4-2-3-5-7-6;1-5-6-3-2-4-7-5/h3-4H,1-2H3;2-5,8H,1H3;3-5H,1-2H3;3-6H,1-2H3;2-4H,1H3;2*2-6H,1H3;2*2-5H,1H3;2-4H,1H3. The van der Waals surface area contributed by atoms with Crippen LogP contribution in [-0.2, 0) is 0 Å². The summed E-state index contributed by atoms with van der Waals surface area (Å²) < 4.78 is 86.1. The van der Waals surface area contributed by atoms with Crippen molar-refractivity contribution in [1.29, 1.82) is 0 Å². The van der Waals surface area contributed by atoms with Crippen LogP contribution >= 0.6 is 0 Å². The first-order valence-corrected chi connectivity index (χ1v) is 25.9. The summed E-state index contributed by atoms with van der Waals surface area (Å²) in [5, 5.41) is 0. The van der Waals surface area contributed by atoms with Crippen LogP contribution in [0.3, 0.4) is 0 Å². The molecule has 11 heteroatoms. The number of nitrogens with zero attached hydrogens (tertiary/aromatic N) is 4. The molecule has 0 fully saturated rings. The van der Waals surface area contributed by atoms with Gasteiger partial charge in [-0.15, -0.1) is 0 Å². The summed E-state index contributed by atoms with van der Waals surface area (Å²) in [6.07, 6.45) is 6.49. The maximum absolute atomic E-state index is 12.6. The first kappa shape index (κ1) is 70.4. The highest BCUT2D eigenvalue weighted by Gasteiger charge is 2.05. The van der Waals surface area contributed by atoms with Crippen molar-refractivity contribution < 1.29 is 30.7 Å². The fourth-order valence-corrected chi connectivity index (χ4v) is 5.82. The lowest BCUT2D eigenvalue weighted by Gasteiger charge is -1.98. The van der Waals surface area contributed by atoms with E-state index in [9.17, 15) is 30.7 Å². The third-order valence-electron chi connectivity index (χ3n) is 10.6. The van der Waals surface area contributed by atoms with Gasteiger partial charge >= 0.3 is 0 Å². The highest BCUT2D eigenvalue weighted by molar-refractivity contribution is 5.25. The lowest BCUT2D eigenvalue weighted by molar-refractivity contribution is 0.151. The van der Waals surface area contributed by atoms with Gasteiger partial charge in [-0.2, -0.15) is 0 Å². The average Bonchev–Trinajstić information content (AvgIpc) is 3.44. The van der Waals surface area contributed by atoms with Crippen molar-refractivity contribution in [2.24, 2.45) is 0 Å². The molecule has 0 N–H and O–H groups in total. The van der Waals surface area contributed by atoms with E-state index in [0.717, 1.165) is 28.7 Å². The summed E-state index contributed by atoms with van der Waals surface area (Å²) in [6.45, 7) is 24.3. The second kappa shape index (κ2) is 41.5. The van der Waals surface area contributed by atoms with Gasteiger partial charge in [-0.1, -0.05) is 167 Å². The number of aryl methyl sites for hydroxylation is 12. The van der Waals surface area contributed by atoms with Crippen molar-refractivity contribution in [3.05, 3.63) is 332 Å². The number of hydrogen-bond donors (Lipinski definition) is 0. The molecule has 0 atom stereocenters. The Morgan fingerprint density at radius 1 is 0.309 bits per heavy atom. The molecular formula is C70H77F7N4. The Hall–Kier alpha value is -8.57. The fraction of sp³-hybridized carbons (Fsp3) is 0.200. The Morgan fingerprint density at radius 2 is 0.728 bits per heavy atom. The molecule has 0 saturated heterocycles. The molecule has 81 heavy (non-hydrogen) atoms. The molecule has 0 saturated carbocycles. The second-order valence-corrected chi connectivity index (χ2v) is 18.5. The largest absolute Gasteiger partial charge is 0.264 e. The minimum atomic E-state index is -2.35. The summed E-state index contributed by atoms with van der Waals surface area (Å²) >= 11 is 0. The zero-order valence-electron chi connectivity index (χ0n) is 48.9. The zero-order valence-corrected chi connectivity index (χ0v) is 48.9. The summed E-state index contributed by atoms with van der Waals surface area (Å²) in [4.78, 5) is 15.6. The van der Waals surface area contributed by atoms with Gasteiger partial charge in [-0.25, -0.2) is 40.7 Å². The SMILES string of the molecule is Cc1cc(F)c(C)c(F)c1.Cc1ccc(C)c(F)c1.Cc1ccc(C)cc1.Cc1ccc(F)cc1F.Cc1cccc(C(F)F)c1.Cc1ccccc1.Cc1ccccc1.Cc1ccccn1.Cc1cccnc1.Cc1ncccn1. The predicted octanol–water partition coefficient (Wildman–Crippen LogP) is 20.1. The van der Waals surface area contributed by atoms with E-state index in [1.807, 2.05) is 107 Å². The van der Waals surface area contributed by atoms with Gasteiger partial charge in [0.25, 0.3) is 6.43 Å². The molecule has 10 rings (SSSR count). The molecule has 0 aliphatic carbocycles. The van der Waals surface area contributed by atoms with E-state index in [4.69, 9.17) is 0 Å². The fourth-order valence-electron chi connectivity index (χ4n) is 5.82. The van der Waals surface area contributed by atoms with Gasteiger partial charge < -0.3 is 0 Å². The van der Waals surface area contributed by atoms with E-state index in [1.54, 1.807) is 76.7 Å². The molecule has 3 heterocycles. The van der Waals surface area contributed by atoms with Gasteiger partial charge in [-0.05, 0) is 166 Å². The predicted molar refractivity (Wildman–Crippen MR) is 322 cm³/mol. The van der Waals surface area contributed by atoms with Crippen molar-refractivity contribution in [3.63, 3.8) is 0 Å². The van der Waals surface area contributed by atoms with Crippen molar-refractivity contribution in [2.75, 3.05) is 0 Å². The molecule has 0 radical (unpaired) electrons. The lowest BCUT2D eigenvalue weighted by atomic mass is 10.1. The minimum Gasteiger partial charge on any atom is -0.264 e. The molecule has 426 valence electrons. The lowest BCUT2D eigenvalue weighted by Crippen LogP contribution is -1.88. The summed E-state index contributed by atoms with van der Waals surface area (Å²) in [6, 6.07) is 58.3. The van der Waals surface area contributed by atoms with Crippen molar-refractivity contribution in [2.45, 2.75) is 96.4 Å². The van der Waals surface area contributed by atoms with Crippen LogP contribution in [0.25, 0.3) is 0 Å². The third-order valence-corrected chi connectivity index (χ3v) is 10.6. The topological polar surface area (TPSA) is 51.6 Å². The monoisotopic (exact) mass is 1110 g/mol. The van der Waals surface area contributed by atoms with Crippen LogP contribution in [-0.4, -0.2) is 19.9 Å².